The van der Waals surface area contributed by atoms with E-state index in [0.717, 1.165) is 6.07 Å². The average Bonchev–Trinajstić information content (AvgIpc) is 3.34. The third-order valence-electron chi connectivity index (χ3n) is 5.96. The molecule has 8 heteroatoms. The highest BCUT2D eigenvalue weighted by molar-refractivity contribution is 8.08. The number of nitrogens with one attached hydrogen (secondary N) is 1. The highest BCUT2D eigenvalue weighted by Gasteiger charge is 2.59. The first-order chi connectivity index (χ1) is 13.4. The molecule has 1 fully saturated rings. The normalized spacial score (nSPS) is 21.6. The van der Waals surface area contributed by atoms with Gasteiger partial charge in [-0.15, -0.1) is 18.3 Å². The lowest BCUT2D eigenvalue weighted by Crippen LogP contribution is -2.48. The molecule has 1 aliphatic heterocycles. The molecule has 1 aromatic carbocycles. The Balaban J connectivity index is 2.00. The molecule has 29 heavy (non-hydrogen) atoms. The molecule has 1 aliphatic rings. The molecule has 2 amide bonds. The van der Waals surface area contributed by atoms with Crippen LogP contribution in [-0.4, -0.2) is 43.0 Å². The van der Waals surface area contributed by atoms with Crippen molar-refractivity contribution in [2.45, 2.75) is 62.0 Å². The maximum Gasteiger partial charge on any atom is 0.318 e. The lowest BCUT2D eigenvalue weighted by Gasteiger charge is -2.36. The zero-order chi connectivity index (χ0) is 22.0. The Hall–Kier alpha value is -1.38. The van der Waals surface area contributed by atoms with Crippen molar-refractivity contribution in [1.29, 1.82) is 0 Å². The number of amides is 2. The molecule has 1 N–H and O–H groups in total. The van der Waals surface area contributed by atoms with Gasteiger partial charge in [-0.05, 0) is 30.6 Å². The van der Waals surface area contributed by atoms with Crippen molar-refractivity contribution in [2.24, 2.45) is 0 Å². The van der Waals surface area contributed by atoms with Gasteiger partial charge in [0.05, 0.1) is 5.25 Å². The van der Waals surface area contributed by atoms with Gasteiger partial charge in [0.15, 0.2) is 20.0 Å². The van der Waals surface area contributed by atoms with E-state index in [4.69, 9.17) is 4.43 Å². The van der Waals surface area contributed by atoms with Gasteiger partial charge in [0.25, 0.3) is 0 Å². The molecule has 1 heterocycles. The van der Waals surface area contributed by atoms with Gasteiger partial charge in [-0.1, -0.05) is 39.0 Å². The van der Waals surface area contributed by atoms with Crippen molar-refractivity contribution in [3.05, 3.63) is 48.1 Å². The third kappa shape index (κ3) is 5.21. The zero-order valence-electron chi connectivity index (χ0n) is 18.1. The van der Waals surface area contributed by atoms with E-state index >= 15 is 0 Å². The summed E-state index contributed by atoms with van der Waals surface area (Å²) in [5, 5.41) is 2.96. The van der Waals surface area contributed by atoms with Crippen LogP contribution in [0, 0.1) is 11.6 Å². The summed E-state index contributed by atoms with van der Waals surface area (Å²) < 4.78 is 33.5. The molecule has 0 saturated carbocycles. The minimum atomic E-state index is -1.88. The van der Waals surface area contributed by atoms with Crippen molar-refractivity contribution >= 4 is 26.1 Å². The quantitative estimate of drug-likeness (QED) is 0.328. The van der Waals surface area contributed by atoms with E-state index in [2.05, 4.69) is 45.8 Å². The van der Waals surface area contributed by atoms with Crippen LogP contribution in [0.25, 0.3) is 0 Å². The molecular weight excluding hydrogens is 410 g/mol. The number of hydrogen-bond donors (Lipinski definition) is 1. The molecule has 2 atom stereocenters. The maximum absolute atomic E-state index is 13.8. The van der Waals surface area contributed by atoms with Crippen LogP contribution in [0.5, 0.6) is 0 Å². The van der Waals surface area contributed by atoms with Crippen LogP contribution in [0.15, 0.2) is 30.9 Å². The fraction of sp³-hybridized carbons (Fsp3) is 0.571. The molecule has 0 bridgehead atoms. The van der Waals surface area contributed by atoms with E-state index in [1.807, 2.05) is 0 Å². The Bertz CT molecular complexity index is 770. The molecule has 0 aliphatic carbocycles. The van der Waals surface area contributed by atoms with E-state index in [9.17, 15) is 13.6 Å². The van der Waals surface area contributed by atoms with Gasteiger partial charge in [0.2, 0.25) is 0 Å². The first-order valence-corrected chi connectivity index (χ1v) is 13.5. The predicted molar refractivity (Wildman–Crippen MR) is 118 cm³/mol. The van der Waals surface area contributed by atoms with Crippen LogP contribution in [0.1, 0.15) is 32.8 Å². The predicted octanol–water partition coefficient (Wildman–Crippen LogP) is 5.52. The summed E-state index contributed by atoms with van der Waals surface area (Å²) in [7, 11) is -0.159. The Kier molecular flexibility index (Phi) is 7.23. The summed E-state index contributed by atoms with van der Waals surface area (Å²) >= 11 is 1.68. The van der Waals surface area contributed by atoms with Gasteiger partial charge in [-0.2, -0.15) is 0 Å². The highest BCUT2D eigenvalue weighted by Crippen LogP contribution is 2.58. The third-order valence-corrected chi connectivity index (χ3v) is 12.2. The summed E-state index contributed by atoms with van der Waals surface area (Å²) in [5.74, 6) is -1.86. The summed E-state index contributed by atoms with van der Waals surface area (Å²) in [6.07, 6.45) is 2.43. The fourth-order valence-corrected chi connectivity index (χ4v) is 5.32. The Morgan fingerprint density at radius 1 is 1.41 bits per heavy atom. The first-order valence-electron chi connectivity index (χ1n) is 9.73. The number of carbonyl (C=O) groups excluding carboxylic acids is 1. The van der Waals surface area contributed by atoms with Crippen molar-refractivity contribution in [1.82, 2.24) is 10.2 Å². The molecule has 2 rings (SSSR count). The van der Waals surface area contributed by atoms with Crippen LogP contribution < -0.4 is 5.32 Å². The van der Waals surface area contributed by atoms with Crippen molar-refractivity contribution in [3.63, 3.8) is 0 Å². The van der Waals surface area contributed by atoms with Crippen LogP contribution >= 0.6 is 11.8 Å². The molecule has 1 saturated heterocycles. The number of carbonyl (C=O) groups is 1. The molecule has 0 aromatic heterocycles. The van der Waals surface area contributed by atoms with Gasteiger partial charge >= 0.3 is 6.03 Å². The van der Waals surface area contributed by atoms with Crippen LogP contribution in [0.2, 0.25) is 18.1 Å². The topological polar surface area (TPSA) is 41.6 Å². The lowest BCUT2D eigenvalue weighted by molar-refractivity contribution is 0.179. The number of urea groups is 1. The second-order valence-electron chi connectivity index (χ2n) is 8.95. The fourth-order valence-electron chi connectivity index (χ4n) is 2.84. The second kappa shape index (κ2) is 8.77. The maximum atomic E-state index is 13.8. The van der Waals surface area contributed by atoms with Crippen molar-refractivity contribution in [3.8, 4) is 0 Å². The van der Waals surface area contributed by atoms with Crippen molar-refractivity contribution in [2.75, 3.05) is 13.7 Å². The van der Waals surface area contributed by atoms with E-state index in [-0.39, 0.29) is 28.4 Å². The SMILES string of the molecule is C=CC[C@]1(N(C)C(=O)NCc2cccc(F)c2F)SC1CO[Si](C)(C)C(C)(C)C. The van der Waals surface area contributed by atoms with E-state index in [0.29, 0.717) is 13.0 Å². The number of thioether (sulfide) groups is 1. The summed E-state index contributed by atoms with van der Waals surface area (Å²) in [4.78, 5) is 13.9. The minimum absolute atomic E-state index is 0.0766. The lowest BCUT2D eigenvalue weighted by atomic mass is 10.1. The number of hydrogen-bond acceptors (Lipinski definition) is 3. The molecule has 162 valence electrons. The number of rotatable bonds is 8. The summed E-state index contributed by atoms with van der Waals surface area (Å²) in [6.45, 7) is 15.3. The van der Waals surface area contributed by atoms with Crippen LogP contribution in [-0.2, 0) is 11.0 Å². The van der Waals surface area contributed by atoms with E-state index < -0.39 is 24.8 Å². The average molecular weight is 443 g/mol. The van der Waals surface area contributed by atoms with Crippen molar-refractivity contribution < 1.29 is 18.0 Å². The molecule has 4 nitrogen and oxygen atoms in total. The second-order valence-corrected chi connectivity index (χ2v) is 15.3. The Morgan fingerprint density at radius 3 is 2.66 bits per heavy atom. The molecule has 0 spiro atoms. The standard InChI is InChI=1S/C21H32F2N2O2SSi/c1-8-12-21(17(28-21)14-27-29(6,7)20(2,3)4)25(5)19(26)24-13-15-10-9-11-16(22)18(15)23/h8-11,17H,1,12-14H2,2-7H3,(H,24,26)/t17?,21-/m0/s1. The molecular formula is C21H32F2N2O2SSi. The molecule has 1 aromatic rings. The van der Waals surface area contributed by atoms with E-state index in [1.54, 1.807) is 29.8 Å². The molecule has 0 radical (unpaired) electrons. The monoisotopic (exact) mass is 442 g/mol. The van der Waals surface area contributed by atoms with Gasteiger partial charge in [0.1, 0.15) is 4.87 Å². The smallest absolute Gasteiger partial charge is 0.318 e. The number of nitrogens with zero attached hydrogens (tertiary/aromatic N) is 1. The van der Waals surface area contributed by atoms with Crippen LogP contribution in [0.3, 0.4) is 0 Å². The number of halogens is 2. The summed E-state index contributed by atoms with van der Waals surface area (Å²) in [6, 6.07) is 3.60. The van der Waals surface area contributed by atoms with Crippen LogP contribution in [0.4, 0.5) is 13.6 Å². The Morgan fingerprint density at radius 2 is 2.07 bits per heavy atom. The first kappa shape index (κ1) is 23.9. The zero-order valence-corrected chi connectivity index (χ0v) is 20.0. The van der Waals surface area contributed by atoms with E-state index in [1.165, 1.54) is 12.1 Å². The van der Waals surface area contributed by atoms with Gasteiger partial charge in [-0.3, -0.25) is 0 Å². The highest BCUT2D eigenvalue weighted by atomic mass is 32.2. The largest absolute Gasteiger partial charge is 0.416 e. The molecule has 1 unspecified atom stereocenters. The Labute approximate surface area is 178 Å². The number of benzene rings is 1. The van der Waals surface area contributed by atoms with Gasteiger partial charge in [-0.25, -0.2) is 13.6 Å². The minimum Gasteiger partial charge on any atom is -0.416 e. The van der Waals surface area contributed by atoms with Gasteiger partial charge in [0, 0.05) is 25.8 Å². The van der Waals surface area contributed by atoms with Gasteiger partial charge < -0.3 is 14.6 Å². The summed E-state index contributed by atoms with van der Waals surface area (Å²) in [5.41, 5.74) is 0.116.